The Morgan fingerprint density at radius 3 is 2.84 bits per heavy atom. The highest BCUT2D eigenvalue weighted by Crippen LogP contribution is 2.38. The molecule has 1 aromatic heterocycles. The Balaban J connectivity index is 2.03. The van der Waals surface area contributed by atoms with Crippen LogP contribution in [0.1, 0.15) is 38.3 Å². The number of benzene rings is 1. The van der Waals surface area contributed by atoms with Gasteiger partial charge in [0.15, 0.2) is 0 Å². The highest BCUT2D eigenvalue weighted by atomic mass is 16.3. The molecular weight excluding hydrogens is 236 g/mol. The number of rotatable bonds is 3. The van der Waals surface area contributed by atoms with E-state index in [0.29, 0.717) is 6.54 Å². The normalized spacial score (nSPS) is 21.0. The number of hydrogen-bond donors (Lipinski definition) is 1. The standard InChI is InChI=1S/C16H22N2O/c1-16(2)8-5-9-18(16)14(10-17)13-11-19-15-7-4-3-6-12(13)15/h3-4,6-7,11,14H,5,8-10,17H2,1-2H3. The van der Waals surface area contributed by atoms with Gasteiger partial charge in [-0.15, -0.1) is 0 Å². The van der Waals surface area contributed by atoms with Crippen molar-refractivity contribution in [1.82, 2.24) is 4.90 Å². The largest absolute Gasteiger partial charge is 0.464 e. The summed E-state index contributed by atoms with van der Waals surface area (Å²) in [5, 5.41) is 1.20. The molecule has 3 rings (SSSR count). The molecule has 1 saturated heterocycles. The van der Waals surface area contributed by atoms with E-state index in [0.717, 1.165) is 12.1 Å². The first kappa shape index (κ1) is 12.7. The van der Waals surface area contributed by atoms with Crippen LogP contribution in [0.5, 0.6) is 0 Å². The van der Waals surface area contributed by atoms with E-state index < -0.39 is 0 Å². The van der Waals surface area contributed by atoms with E-state index in [1.54, 1.807) is 0 Å². The molecule has 1 aromatic carbocycles. The van der Waals surface area contributed by atoms with Gasteiger partial charge in [-0.1, -0.05) is 18.2 Å². The molecule has 3 heteroatoms. The average molecular weight is 258 g/mol. The molecule has 0 aliphatic carbocycles. The molecule has 102 valence electrons. The maximum absolute atomic E-state index is 6.07. The third-order valence-electron chi connectivity index (χ3n) is 4.43. The lowest BCUT2D eigenvalue weighted by atomic mass is 9.97. The summed E-state index contributed by atoms with van der Waals surface area (Å²) in [7, 11) is 0. The first-order valence-electron chi connectivity index (χ1n) is 7.06. The molecule has 2 N–H and O–H groups in total. The summed E-state index contributed by atoms with van der Waals surface area (Å²) in [4.78, 5) is 2.53. The molecule has 2 heterocycles. The van der Waals surface area contributed by atoms with Crippen LogP contribution in [0.4, 0.5) is 0 Å². The average Bonchev–Trinajstić information content (AvgIpc) is 2.96. The van der Waals surface area contributed by atoms with E-state index in [1.807, 2.05) is 18.4 Å². The Hall–Kier alpha value is -1.32. The fourth-order valence-corrected chi connectivity index (χ4v) is 3.38. The van der Waals surface area contributed by atoms with Crippen LogP contribution >= 0.6 is 0 Å². The van der Waals surface area contributed by atoms with Gasteiger partial charge < -0.3 is 10.2 Å². The summed E-state index contributed by atoms with van der Waals surface area (Å²) in [6, 6.07) is 8.46. The Bertz CT molecular complexity index is 573. The summed E-state index contributed by atoms with van der Waals surface area (Å²) in [5.41, 5.74) is 8.48. The molecule has 0 amide bonds. The first-order chi connectivity index (χ1) is 9.13. The second-order valence-electron chi connectivity index (χ2n) is 6.05. The fourth-order valence-electron chi connectivity index (χ4n) is 3.38. The highest BCUT2D eigenvalue weighted by molar-refractivity contribution is 5.81. The molecule has 0 bridgehead atoms. The number of fused-ring (bicyclic) bond motifs is 1. The minimum atomic E-state index is 0.225. The Morgan fingerprint density at radius 1 is 1.37 bits per heavy atom. The number of nitrogens with zero attached hydrogens (tertiary/aromatic N) is 1. The minimum absolute atomic E-state index is 0.225. The lowest BCUT2D eigenvalue weighted by Crippen LogP contribution is -2.43. The first-order valence-corrected chi connectivity index (χ1v) is 7.06. The van der Waals surface area contributed by atoms with E-state index in [4.69, 9.17) is 10.2 Å². The van der Waals surface area contributed by atoms with Gasteiger partial charge in [0.05, 0.1) is 12.3 Å². The molecule has 0 saturated carbocycles. The molecule has 3 nitrogen and oxygen atoms in total. The van der Waals surface area contributed by atoms with E-state index in [9.17, 15) is 0 Å². The quantitative estimate of drug-likeness (QED) is 0.918. The third kappa shape index (κ3) is 2.07. The van der Waals surface area contributed by atoms with Gasteiger partial charge in [-0.25, -0.2) is 0 Å². The van der Waals surface area contributed by atoms with Crippen molar-refractivity contribution in [3.63, 3.8) is 0 Å². The summed E-state index contributed by atoms with van der Waals surface area (Å²) in [5.74, 6) is 0. The second-order valence-corrected chi connectivity index (χ2v) is 6.05. The molecule has 0 spiro atoms. The van der Waals surface area contributed by atoms with Gasteiger partial charge in [0.1, 0.15) is 5.58 Å². The predicted octanol–water partition coefficient (Wildman–Crippen LogP) is 3.31. The van der Waals surface area contributed by atoms with Gasteiger partial charge in [0, 0.05) is 23.0 Å². The third-order valence-corrected chi connectivity index (χ3v) is 4.43. The van der Waals surface area contributed by atoms with Gasteiger partial charge in [0.2, 0.25) is 0 Å². The molecular formula is C16H22N2O. The summed E-state index contributed by atoms with van der Waals surface area (Å²) in [6.07, 6.45) is 4.37. The number of furan rings is 1. The monoisotopic (exact) mass is 258 g/mol. The summed E-state index contributed by atoms with van der Waals surface area (Å²) >= 11 is 0. The lowest BCUT2D eigenvalue weighted by Gasteiger charge is -2.37. The summed E-state index contributed by atoms with van der Waals surface area (Å²) < 4.78 is 5.68. The van der Waals surface area contributed by atoms with Crippen LogP contribution in [-0.2, 0) is 0 Å². The Morgan fingerprint density at radius 2 is 2.16 bits per heavy atom. The zero-order valence-electron chi connectivity index (χ0n) is 11.7. The van der Waals surface area contributed by atoms with Crippen molar-refractivity contribution in [2.75, 3.05) is 13.1 Å². The van der Waals surface area contributed by atoms with Crippen molar-refractivity contribution >= 4 is 11.0 Å². The lowest BCUT2D eigenvalue weighted by molar-refractivity contribution is 0.119. The van der Waals surface area contributed by atoms with Crippen LogP contribution in [0.25, 0.3) is 11.0 Å². The molecule has 1 unspecified atom stereocenters. The van der Waals surface area contributed by atoms with Crippen molar-refractivity contribution in [3.05, 3.63) is 36.1 Å². The van der Waals surface area contributed by atoms with Gasteiger partial charge in [-0.3, -0.25) is 4.90 Å². The molecule has 1 atom stereocenters. The van der Waals surface area contributed by atoms with Crippen molar-refractivity contribution in [2.45, 2.75) is 38.3 Å². The smallest absolute Gasteiger partial charge is 0.134 e. The zero-order chi connectivity index (χ0) is 13.5. The van der Waals surface area contributed by atoms with Crippen LogP contribution in [0.2, 0.25) is 0 Å². The molecule has 1 aliphatic rings. The van der Waals surface area contributed by atoms with Gasteiger partial charge in [-0.2, -0.15) is 0 Å². The van der Waals surface area contributed by atoms with E-state index >= 15 is 0 Å². The van der Waals surface area contributed by atoms with Gasteiger partial charge in [-0.05, 0) is 39.3 Å². The maximum Gasteiger partial charge on any atom is 0.134 e. The van der Waals surface area contributed by atoms with E-state index in [-0.39, 0.29) is 11.6 Å². The van der Waals surface area contributed by atoms with Crippen LogP contribution in [-0.4, -0.2) is 23.5 Å². The maximum atomic E-state index is 6.07. The molecule has 1 fully saturated rings. The van der Waals surface area contributed by atoms with Crippen LogP contribution < -0.4 is 5.73 Å². The molecule has 0 radical (unpaired) electrons. The minimum Gasteiger partial charge on any atom is -0.464 e. The number of nitrogens with two attached hydrogens (primary N) is 1. The molecule has 19 heavy (non-hydrogen) atoms. The zero-order valence-corrected chi connectivity index (χ0v) is 11.7. The van der Waals surface area contributed by atoms with Crippen LogP contribution in [0, 0.1) is 0 Å². The summed E-state index contributed by atoms with van der Waals surface area (Å²) in [6.45, 7) is 6.37. The number of likely N-dealkylation sites (tertiary alicyclic amines) is 1. The van der Waals surface area contributed by atoms with Crippen LogP contribution in [0.15, 0.2) is 34.9 Å². The molecule has 1 aliphatic heterocycles. The van der Waals surface area contributed by atoms with Crippen molar-refractivity contribution in [2.24, 2.45) is 5.73 Å². The van der Waals surface area contributed by atoms with Gasteiger partial charge in [0.25, 0.3) is 0 Å². The van der Waals surface area contributed by atoms with E-state index in [2.05, 4.69) is 30.9 Å². The van der Waals surface area contributed by atoms with Crippen molar-refractivity contribution < 1.29 is 4.42 Å². The van der Waals surface area contributed by atoms with Crippen LogP contribution in [0.3, 0.4) is 0 Å². The van der Waals surface area contributed by atoms with Crippen molar-refractivity contribution in [3.8, 4) is 0 Å². The second kappa shape index (κ2) is 4.66. The number of para-hydroxylation sites is 1. The topological polar surface area (TPSA) is 42.4 Å². The SMILES string of the molecule is CC1(C)CCCN1C(CN)c1coc2ccccc12. The fraction of sp³-hybridized carbons (Fsp3) is 0.500. The predicted molar refractivity (Wildman–Crippen MR) is 78.0 cm³/mol. The van der Waals surface area contributed by atoms with Gasteiger partial charge >= 0.3 is 0 Å². The van der Waals surface area contributed by atoms with E-state index in [1.165, 1.54) is 23.8 Å². The Labute approximate surface area is 114 Å². The highest BCUT2D eigenvalue weighted by Gasteiger charge is 2.37. The Kier molecular flexibility index (Phi) is 3.11. The van der Waals surface area contributed by atoms with Crippen molar-refractivity contribution in [1.29, 1.82) is 0 Å². The molecule has 2 aromatic rings. The number of hydrogen-bond acceptors (Lipinski definition) is 3.